The lowest BCUT2D eigenvalue weighted by molar-refractivity contribution is 0.126. The SMILES string of the molecule is OCc1ccc(N2C3CCC2CC(O)C3)nc1. The number of piperidine rings is 1. The Bertz CT molecular complexity index is 379. The first-order valence-corrected chi connectivity index (χ1v) is 6.30. The van der Waals surface area contributed by atoms with E-state index in [1.165, 1.54) is 0 Å². The Balaban J connectivity index is 1.84. The molecule has 2 aliphatic rings. The molecule has 0 aromatic carbocycles. The van der Waals surface area contributed by atoms with Gasteiger partial charge in [-0.05, 0) is 37.3 Å². The number of rotatable bonds is 2. The molecular formula is C13H18N2O2. The number of hydrogen-bond acceptors (Lipinski definition) is 4. The molecule has 2 fully saturated rings. The number of pyridine rings is 1. The molecule has 3 rings (SSSR count). The van der Waals surface area contributed by atoms with Gasteiger partial charge in [-0.25, -0.2) is 4.98 Å². The summed E-state index contributed by atoms with van der Waals surface area (Å²) in [5, 5.41) is 18.8. The molecule has 2 atom stereocenters. The van der Waals surface area contributed by atoms with Crippen molar-refractivity contribution in [2.75, 3.05) is 4.90 Å². The van der Waals surface area contributed by atoms with E-state index in [0.29, 0.717) is 12.1 Å². The third kappa shape index (κ3) is 1.91. The molecule has 0 spiro atoms. The lowest BCUT2D eigenvalue weighted by Gasteiger charge is -2.38. The average molecular weight is 234 g/mol. The number of fused-ring (bicyclic) bond motifs is 2. The van der Waals surface area contributed by atoms with Gasteiger partial charge in [-0.15, -0.1) is 0 Å². The summed E-state index contributed by atoms with van der Waals surface area (Å²) in [7, 11) is 0. The number of hydrogen-bond donors (Lipinski definition) is 2. The van der Waals surface area contributed by atoms with Gasteiger partial charge in [0.05, 0.1) is 12.7 Å². The van der Waals surface area contributed by atoms with E-state index in [-0.39, 0.29) is 12.7 Å². The Labute approximate surface area is 101 Å². The van der Waals surface area contributed by atoms with Crippen LogP contribution >= 0.6 is 0 Å². The molecule has 17 heavy (non-hydrogen) atoms. The maximum absolute atomic E-state index is 9.76. The summed E-state index contributed by atoms with van der Waals surface area (Å²) in [4.78, 5) is 6.78. The molecule has 2 unspecified atom stereocenters. The normalized spacial score (nSPS) is 31.9. The highest BCUT2D eigenvalue weighted by atomic mass is 16.3. The van der Waals surface area contributed by atoms with Gasteiger partial charge in [0.15, 0.2) is 0 Å². The Morgan fingerprint density at radius 1 is 1.24 bits per heavy atom. The third-order valence-corrected chi connectivity index (χ3v) is 3.96. The van der Waals surface area contributed by atoms with Crippen LogP contribution in [0.15, 0.2) is 18.3 Å². The van der Waals surface area contributed by atoms with Gasteiger partial charge in [-0.3, -0.25) is 0 Å². The molecule has 2 bridgehead atoms. The van der Waals surface area contributed by atoms with Crippen LogP contribution in [0.25, 0.3) is 0 Å². The second-order valence-corrected chi connectivity index (χ2v) is 5.10. The van der Waals surface area contributed by atoms with Crippen LogP contribution in [-0.2, 0) is 6.61 Å². The lowest BCUT2D eigenvalue weighted by Crippen LogP contribution is -2.45. The molecule has 3 heterocycles. The van der Waals surface area contributed by atoms with Crippen LogP contribution in [-0.4, -0.2) is 33.4 Å². The first-order valence-electron chi connectivity index (χ1n) is 6.30. The summed E-state index contributed by atoms with van der Waals surface area (Å²) in [6.07, 6.45) is 5.64. The van der Waals surface area contributed by atoms with Crippen molar-refractivity contribution in [3.63, 3.8) is 0 Å². The highest BCUT2D eigenvalue weighted by Gasteiger charge is 2.40. The van der Waals surface area contributed by atoms with Gasteiger partial charge in [-0.2, -0.15) is 0 Å². The monoisotopic (exact) mass is 234 g/mol. The molecule has 4 heteroatoms. The maximum Gasteiger partial charge on any atom is 0.128 e. The quantitative estimate of drug-likeness (QED) is 0.803. The molecule has 1 aromatic rings. The van der Waals surface area contributed by atoms with Crippen LogP contribution in [0, 0.1) is 0 Å². The highest BCUT2D eigenvalue weighted by molar-refractivity contribution is 5.44. The standard InChI is InChI=1S/C13H18N2O2/c16-8-9-1-4-13(14-7-9)15-10-2-3-11(15)6-12(17)5-10/h1,4,7,10-12,16-17H,2-3,5-6,8H2. The van der Waals surface area contributed by atoms with Gasteiger partial charge in [-0.1, -0.05) is 6.07 Å². The topological polar surface area (TPSA) is 56.6 Å². The minimum Gasteiger partial charge on any atom is -0.393 e. The van der Waals surface area contributed by atoms with E-state index >= 15 is 0 Å². The molecule has 4 nitrogen and oxygen atoms in total. The van der Waals surface area contributed by atoms with Gasteiger partial charge < -0.3 is 15.1 Å². The van der Waals surface area contributed by atoms with Gasteiger partial charge in [0.2, 0.25) is 0 Å². The van der Waals surface area contributed by atoms with Crippen molar-refractivity contribution < 1.29 is 10.2 Å². The molecule has 2 saturated heterocycles. The zero-order valence-electron chi connectivity index (χ0n) is 9.79. The zero-order valence-corrected chi connectivity index (χ0v) is 9.79. The van der Waals surface area contributed by atoms with E-state index in [0.717, 1.165) is 37.1 Å². The van der Waals surface area contributed by atoms with Crippen molar-refractivity contribution in [2.24, 2.45) is 0 Å². The molecule has 0 amide bonds. The molecule has 2 aliphatic heterocycles. The maximum atomic E-state index is 9.76. The van der Waals surface area contributed by atoms with Crippen molar-refractivity contribution >= 4 is 5.82 Å². The van der Waals surface area contributed by atoms with E-state index in [4.69, 9.17) is 5.11 Å². The fraction of sp³-hybridized carbons (Fsp3) is 0.615. The van der Waals surface area contributed by atoms with Crippen molar-refractivity contribution in [1.29, 1.82) is 0 Å². The van der Waals surface area contributed by atoms with Gasteiger partial charge >= 0.3 is 0 Å². The van der Waals surface area contributed by atoms with Gasteiger partial charge in [0.25, 0.3) is 0 Å². The number of aromatic nitrogens is 1. The van der Waals surface area contributed by atoms with Crippen molar-refractivity contribution in [1.82, 2.24) is 4.98 Å². The van der Waals surface area contributed by atoms with Gasteiger partial charge in [0, 0.05) is 18.3 Å². The van der Waals surface area contributed by atoms with Crippen molar-refractivity contribution in [3.05, 3.63) is 23.9 Å². The lowest BCUT2D eigenvalue weighted by atomic mass is 10.00. The minimum atomic E-state index is -0.138. The van der Waals surface area contributed by atoms with Crippen LogP contribution in [0.3, 0.4) is 0 Å². The van der Waals surface area contributed by atoms with Crippen LogP contribution in [0.4, 0.5) is 5.82 Å². The fourth-order valence-electron chi connectivity index (χ4n) is 3.19. The van der Waals surface area contributed by atoms with E-state index < -0.39 is 0 Å². The van der Waals surface area contributed by atoms with Crippen LogP contribution in [0.1, 0.15) is 31.2 Å². The Morgan fingerprint density at radius 3 is 2.47 bits per heavy atom. The Kier molecular flexibility index (Phi) is 2.76. The zero-order chi connectivity index (χ0) is 11.8. The van der Waals surface area contributed by atoms with Gasteiger partial charge in [0.1, 0.15) is 5.82 Å². The molecule has 0 saturated carbocycles. The summed E-state index contributed by atoms with van der Waals surface area (Å²) >= 11 is 0. The number of aliphatic hydroxyl groups excluding tert-OH is 2. The smallest absolute Gasteiger partial charge is 0.128 e. The highest BCUT2D eigenvalue weighted by Crippen LogP contribution is 2.38. The molecular weight excluding hydrogens is 216 g/mol. The Hall–Kier alpha value is -1.13. The summed E-state index contributed by atoms with van der Waals surface area (Å²) < 4.78 is 0. The third-order valence-electron chi connectivity index (χ3n) is 3.96. The second kappa shape index (κ2) is 4.27. The van der Waals surface area contributed by atoms with Crippen LogP contribution in [0.2, 0.25) is 0 Å². The van der Waals surface area contributed by atoms with Crippen LogP contribution < -0.4 is 4.90 Å². The van der Waals surface area contributed by atoms with Crippen molar-refractivity contribution in [3.8, 4) is 0 Å². The molecule has 2 N–H and O–H groups in total. The van der Waals surface area contributed by atoms with Crippen molar-refractivity contribution in [2.45, 2.75) is 50.5 Å². The minimum absolute atomic E-state index is 0.0405. The molecule has 92 valence electrons. The molecule has 1 aromatic heterocycles. The number of nitrogens with zero attached hydrogens (tertiary/aromatic N) is 2. The van der Waals surface area contributed by atoms with Crippen LogP contribution in [0.5, 0.6) is 0 Å². The summed E-state index contributed by atoms with van der Waals surface area (Å²) in [6, 6.07) is 4.79. The van der Waals surface area contributed by atoms with E-state index in [1.54, 1.807) is 6.20 Å². The number of anilines is 1. The predicted octanol–water partition coefficient (Wildman–Crippen LogP) is 1.07. The summed E-state index contributed by atoms with van der Waals surface area (Å²) in [6.45, 7) is 0.0405. The Morgan fingerprint density at radius 2 is 1.94 bits per heavy atom. The molecule has 0 aliphatic carbocycles. The number of aliphatic hydroxyl groups is 2. The molecule has 0 radical (unpaired) electrons. The van der Waals surface area contributed by atoms with E-state index in [2.05, 4.69) is 9.88 Å². The average Bonchev–Trinajstić information content (AvgIpc) is 2.62. The van der Waals surface area contributed by atoms with E-state index in [1.807, 2.05) is 12.1 Å². The first kappa shape index (κ1) is 11.0. The largest absolute Gasteiger partial charge is 0.393 e. The predicted molar refractivity (Wildman–Crippen MR) is 64.7 cm³/mol. The van der Waals surface area contributed by atoms with E-state index in [9.17, 15) is 5.11 Å². The first-order chi connectivity index (χ1) is 8.28. The summed E-state index contributed by atoms with van der Waals surface area (Å²) in [5.41, 5.74) is 0.846. The second-order valence-electron chi connectivity index (χ2n) is 5.10. The fourth-order valence-corrected chi connectivity index (χ4v) is 3.19. The summed E-state index contributed by atoms with van der Waals surface area (Å²) in [5.74, 6) is 0.988.